The predicted molar refractivity (Wildman–Crippen MR) is 96.8 cm³/mol. The lowest BCUT2D eigenvalue weighted by molar-refractivity contribution is -0.130. The molecule has 0 bridgehead atoms. The summed E-state index contributed by atoms with van der Waals surface area (Å²) >= 11 is 0. The van der Waals surface area contributed by atoms with Crippen LogP contribution in [0.5, 0.6) is 0 Å². The van der Waals surface area contributed by atoms with Crippen LogP contribution in [0.25, 0.3) is 0 Å². The summed E-state index contributed by atoms with van der Waals surface area (Å²) in [6.45, 7) is 5.57. The smallest absolute Gasteiger partial charge is 0.140 e. The van der Waals surface area contributed by atoms with E-state index in [0.717, 1.165) is 25.6 Å². The first-order valence-electron chi connectivity index (χ1n) is 9.65. The molecule has 1 heterocycles. The van der Waals surface area contributed by atoms with Crippen molar-refractivity contribution in [2.75, 3.05) is 19.7 Å². The van der Waals surface area contributed by atoms with Gasteiger partial charge in [-0.2, -0.15) is 0 Å². The molecule has 1 unspecified atom stereocenters. The number of likely N-dealkylation sites (tertiary alicyclic amines) is 1. The van der Waals surface area contributed by atoms with Gasteiger partial charge in [-0.3, -0.25) is 9.69 Å². The maximum absolute atomic E-state index is 12.3. The molecule has 132 valence electrons. The van der Waals surface area contributed by atoms with Crippen molar-refractivity contribution in [1.82, 2.24) is 4.90 Å². The van der Waals surface area contributed by atoms with E-state index >= 15 is 0 Å². The van der Waals surface area contributed by atoms with E-state index in [0.29, 0.717) is 24.9 Å². The van der Waals surface area contributed by atoms with E-state index in [1.807, 2.05) is 6.07 Å². The predicted octanol–water partition coefficient (Wildman–Crippen LogP) is 4.06. The first-order valence-corrected chi connectivity index (χ1v) is 9.65. The Balaban J connectivity index is 1.45. The third kappa shape index (κ3) is 4.90. The monoisotopic (exact) mass is 329 g/mol. The van der Waals surface area contributed by atoms with E-state index < -0.39 is 0 Å². The number of hydrogen-bond acceptors (Lipinski definition) is 3. The third-order valence-corrected chi connectivity index (χ3v) is 5.76. The fourth-order valence-electron chi connectivity index (χ4n) is 4.07. The molecule has 3 nitrogen and oxygen atoms in total. The number of ketones is 1. The third-order valence-electron chi connectivity index (χ3n) is 5.76. The van der Waals surface area contributed by atoms with Crippen LogP contribution in [0, 0.1) is 11.8 Å². The molecule has 0 spiro atoms. The molecule has 24 heavy (non-hydrogen) atoms. The molecular formula is C21H31NO2. The average molecular weight is 329 g/mol. The highest BCUT2D eigenvalue weighted by Crippen LogP contribution is 2.29. The number of piperidine rings is 1. The summed E-state index contributed by atoms with van der Waals surface area (Å²) in [5, 5.41) is 0. The van der Waals surface area contributed by atoms with Crippen LogP contribution in [-0.4, -0.2) is 36.5 Å². The van der Waals surface area contributed by atoms with E-state index in [2.05, 4.69) is 36.1 Å². The number of carbonyl (C=O) groups is 1. The molecule has 1 atom stereocenters. The van der Waals surface area contributed by atoms with Gasteiger partial charge in [-0.25, -0.2) is 0 Å². The molecule has 3 rings (SSSR count). The van der Waals surface area contributed by atoms with Gasteiger partial charge in [0.1, 0.15) is 5.78 Å². The summed E-state index contributed by atoms with van der Waals surface area (Å²) in [6.07, 6.45) is 7.27. The molecule has 2 fully saturated rings. The quantitative estimate of drug-likeness (QED) is 0.788. The van der Waals surface area contributed by atoms with E-state index in [1.165, 1.54) is 37.7 Å². The van der Waals surface area contributed by atoms with Crippen LogP contribution >= 0.6 is 0 Å². The van der Waals surface area contributed by atoms with Crippen LogP contribution in [-0.2, 0) is 16.1 Å². The first-order chi connectivity index (χ1) is 11.7. The van der Waals surface area contributed by atoms with Gasteiger partial charge in [-0.05, 0) is 37.2 Å². The molecular weight excluding hydrogens is 298 g/mol. The molecule has 1 saturated carbocycles. The standard InChI is InChI=1S/C21H31NO2/c1-2-17-8-10-20(11-9-17)24-16-19-15-22(13-12-21(19)23)14-18-6-4-3-5-7-18/h3-7,17,19-20H,2,8-16H2,1H3. The first kappa shape index (κ1) is 17.6. The largest absolute Gasteiger partial charge is 0.377 e. The van der Waals surface area contributed by atoms with Gasteiger partial charge in [-0.1, -0.05) is 43.7 Å². The summed E-state index contributed by atoms with van der Waals surface area (Å²) in [5.41, 5.74) is 1.32. The Hall–Kier alpha value is -1.19. The van der Waals surface area contributed by atoms with Crippen molar-refractivity contribution in [2.45, 2.75) is 58.1 Å². The maximum Gasteiger partial charge on any atom is 0.140 e. The van der Waals surface area contributed by atoms with Gasteiger partial charge >= 0.3 is 0 Å². The number of benzene rings is 1. The van der Waals surface area contributed by atoms with Crippen molar-refractivity contribution in [3.63, 3.8) is 0 Å². The summed E-state index contributed by atoms with van der Waals surface area (Å²) < 4.78 is 6.14. The SMILES string of the molecule is CCC1CCC(OCC2CN(Cc3ccccc3)CCC2=O)CC1. The van der Waals surface area contributed by atoms with Gasteiger partial charge in [0.2, 0.25) is 0 Å². The van der Waals surface area contributed by atoms with Crippen LogP contribution < -0.4 is 0 Å². The zero-order valence-electron chi connectivity index (χ0n) is 15.0. The van der Waals surface area contributed by atoms with E-state index in [4.69, 9.17) is 4.74 Å². The number of hydrogen-bond donors (Lipinski definition) is 0. The van der Waals surface area contributed by atoms with Gasteiger partial charge in [0.25, 0.3) is 0 Å². The Kier molecular flexibility index (Phi) is 6.44. The number of rotatable bonds is 6. The normalized spacial score (nSPS) is 28.9. The van der Waals surface area contributed by atoms with Crippen LogP contribution in [0.3, 0.4) is 0 Å². The minimum Gasteiger partial charge on any atom is -0.377 e. The van der Waals surface area contributed by atoms with Gasteiger partial charge in [-0.15, -0.1) is 0 Å². The van der Waals surface area contributed by atoms with Gasteiger partial charge in [0.05, 0.1) is 18.6 Å². The van der Waals surface area contributed by atoms with E-state index in [9.17, 15) is 4.79 Å². The Morgan fingerprint density at radius 3 is 2.58 bits per heavy atom. The molecule has 1 saturated heterocycles. The summed E-state index contributed by atoms with van der Waals surface area (Å²) in [7, 11) is 0. The Morgan fingerprint density at radius 2 is 1.88 bits per heavy atom. The van der Waals surface area contributed by atoms with E-state index in [1.54, 1.807) is 0 Å². The van der Waals surface area contributed by atoms with Crippen LogP contribution in [0.15, 0.2) is 30.3 Å². The highest BCUT2D eigenvalue weighted by atomic mass is 16.5. The zero-order valence-corrected chi connectivity index (χ0v) is 15.0. The molecule has 2 aliphatic rings. The van der Waals surface area contributed by atoms with E-state index in [-0.39, 0.29) is 5.92 Å². The molecule has 0 radical (unpaired) electrons. The van der Waals surface area contributed by atoms with Crippen LogP contribution in [0.1, 0.15) is 51.0 Å². The summed E-state index contributed by atoms with van der Waals surface area (Å²) in [6, 6.07) is 10.5. The Morgan fingerprint density at radius 1 is 1.12 bits per heavy atom. The number of nitrogens with zero attached hydrogens (tertiary/aromatic N) is 1. The number of ether oxygens (including phenoxy) is 1. The molecule has 1 aromatic carbocycles. The molecule has 1 aliphatic heterocycles. The second kappa shape index (κ2) is 8.77. The maximum atomic E-state index is 12.3. The fourth-order valence-corrected chi connectivity index (χ4v) is 4.07. The number of Topliss-reactive ketones (excluding diaryl/α,β-unsaturated/α-hetero) is 1. The molecule has 1 aliphatic carbocycles. The minimum atomic E-state index is 0.0614. The highest BCUT2D eigenvalue weighted by Gasteiger charge is 2.29. The number of carbonyl (C=O) groups excluding carboxylic acids is 1. The minimum absolute atomic E-state index is 0.0614. The van der Waals surface area contributed by atoms with Crippen LogP contribution in [0.4, 0.5) is 0 Å². The van der Waals surface area contributed by atoms with Crippen molar-refractivity contribution in [1.29, 1.82) is 0 Å². The molecule has 1 aromatic rings. The summed E-state index contributed by atoms with van der Waals surface area (Å²) in [5.74, 6) is 1.34. The van der Waals surface area contributed by atoms with Crippen molar-refractivity contribution in [2.24, 2.45) is 11.8 Å². The Labute approximate surface area is 146 Å². The second-order valence-corrected chi connectivity index (χ2v) is 7.52. The van der Waals surface area contributed by atoms with Crippen LogP contribution in [0.2, 0.25) is 0 Å². The average Bonchev–Trinajstić information content (AvgIpc) is 2.63. The zero-order chi connectivity index (χ0) is 16.8. The molecule has 0 N–H and O–H groups in total. The lowest BCUT2D eigenvalue weighted by Crippen LogP contribution is -2.42. The lowest BCUT2D eigenvalue weighted by atomic mass is 9.86. The van der Waals surface area contributed by atoms with Gasteiger partial charge in [0.15, 0.2) is 0 Å². The molecule has 0 aromatic heterocycles. The Bertz CT molecular complexity index is 508. The fraction of sp³-hybridized carbons (Fsp3) is 0.667. The van der Waals surface area contributed by atoms with Gasteiger partial charge < -0.3 is 4.74 Å². The summed E-state index contributed by atoms with van der Waals surface area (Å²) in [4.78, 5) is 14.7. The lowest BCUT2D eigenvalue weighted by Gasteiger charge is -2.33. The van der Waals surface area contributed by atoms with Crippen molar-refractivity contribution in [3.8, 4) is 0 Å². The van der Waals surface area contributed by atoms with Gasteiger partial charge in [0, 0.05) is 26.1 Å². The van der Waals surface area contributed by atoms with Crippen molar-refractivity contribution >= 4 is 5.78 Å². The topological polar surface area (TPSA) is 29.5 Å². The van der Waals surface area contributed by atoms with Crippen molar-refractivity contribution < 1.29 is 9.53 Å². The molecule has 0 amide bonds. The molecule has 3 heteroatoms. The van der Waals surface area contributed by atoms with Crippen molar-refractivity contribution in [3.05, 3.63) is 35.9 Å². The second-order valence-electron chi connectivity index (χ2n) is 7.52. The highest BCUT2D eigenvalue weighted by molar-refractivity contribution is 5.82.